The molecule has 6 heteroatoms. The molecule has 0 bridgehead atoms. The summed E-state index contributed by atoms with van der Waals surface area (Å²) in [5.74, 6) is 2.21. The third-order valence-electron chi connectivity index (χ3n) is 3.83. The van der Waals surface area contributed by atoms with Crippen molar-refractivity contribution in [3.63, 3.8) is 0 Å². The average Bonchev–Trinajstić information content (AvgIpc) is 2.59. The van der Waals surface area contributed by atoms with Crippen LogP contribution in [0.1, 0.15) is 23.6 Å². The number of hydrogen-bond donors (Lipinski definition) is 1. The Labute approximate surface area is 169 Å². The normalized spacial score (nSPS) is 11.9. The van der Waals surface area contributed by atoms with Crippen LogP contribution in [0.4, 0.5) is 0 Å². The van der Waals surface area contributed by atoms with Crippen LogP contribution in [0.5, 0.6) is 5.75 Å². The predicted octanol–water partition coefficient (Wildman–Crippen LogP) is 5.43. The first-order chi connectivity index (χ1) is 12.4. The number of rotatable bonds is 8. The van der Waals surface area contributed by atoms with E-state index in [1.165, 1.54) is 0 Å². The minimum atomic E-state index is -0.536. The van der Waals surface area contributed by atoms with Gasteiger partial charge in [-0.15, -0.1) is 0 Å². The van der Waals surface area contributed by atoms with Gasteiger partial charge < -0.3 is 10.1 Å². The molecule has 0 unspecified atom stereocenters. The summed E-state index contributed by atoms with van der Waals surface area (Å²) in [5, 5.41) is 4.21. The van der Waals surface area contributed by atoms with Crippen LogP contribution in [0.15, 0.2) is 36.4 Å². The average molecular weight is 412 g/mol. The highest BCUT2D eigenvalue weighted by Crippen LogP contribution is 2.24. The summed E-state index contributed by atoms with van der Waals surface area (Å²) >= 11 is 13.7. The van der Waals surface area contributed by atoms with Gasteiger partial charge in [0.2, 0.25) is 0 Å². The van der Waals surface area contributed by atoms with Crippen molar-refractivity contribution in [2.45, 2.75) is 32.6 Å². The number of nitrogens with one attached hydrogen (secondary N) is 1. The number of carbonyl (C=O) groups excluding carboxylic acids is 1. The summed E-state index contributed by atoms with van der Waals surface area (Å²) in [6.07, 6.45) is -0.536. The first-order valence-corrected chi connectivity index (χ1v) is 10.3. The molecule has 0 heterocycles. The van der Waals surface area contributed by atoms with Crippen molar-refractivity contribution in [2.75, 3.05) is 12.3 Å². The summed E-state index contributed by atoms with van der Waals surface area (Å²) < 4.78 is 5.79. The standard InChI is InChI=1S/C20H23Cl2NO2S/c1-13-4-5-14(2)19(10-13)25-15(3)20(24)23-8-9-26-12-16-6-7-17(21)11-18(16)22/h4-7,10-11,15H,8-9,12H2,1-3H3,(H,23,24)/t15-/m1/s1. The van der Waals surface area contributed by atoms with E-state index in [0.29, 0.717) is 16.6 Å². The lowest BCUT2D eigenvalue weighted by molar-refractivity contribution is -0.127. The molecule has 0 saturated carbocycles. The lowest BCUT2D eigenvalue weighted by atomic mass is 10.1. The van der Waals surface area contributed by atoms with Crippen molar-refractivity contribution < 1.29 is 9.53 Å². The Kier molecular flexibility index (Phi) is 8.14. The van der Waals surface area contributed by atoms with Crippen molar-refractivity contribution in [3.8, 4) is 5.75 Å². The Morgan fingerprint density at radius 1 is 1.19 bits per heavy atom. The number of amides is 1. The lowest BCUT2D eigenvalue weighted by Crippen LogP contribution is -2.37. The number of hydrogen-bond acceptors (Lipinski definition) is 3. The molecule has 3 nitrogen and oxygen atoms in total. The summed E-state index contributed by atoms with van der Waals surface area (Å²) in [5.41, 5.74) is 3.17. The molecule has 0 aliphatic rings. The number of benzene rings is 2. The molecule has 0 radical (unpaired) electrons. The summed E-state index contributed by atoms with van der Waals surface area (Å²) in [7, 11) is 0. The predicted molar refractivity (Wildman–Crippen MR) is 112 cm³/mol. The molecule has 26 heavy (non-hydrogen) atoms. The van der Waals surface area contributed by atoms with Gasteiger partial charge in [-0.25, -0.2) is 0 Å². The molecule has 2 aromatic rings. The van der Waals surface area contributed by atoms with Crippen LogP contribution in [0.25, 0.3) is 0 Å². The molecule has 1 N–H and O–H groups in total. The van der Waals surface area contributed by atoms with Crippen molar-refractivity contribution in [1.29, 1.82) is 0 Å². The van der Waals surface area contributed by atoms with Gasteiger partial charge in [-0.1, -0.05) is 41.4 Å². The molecule has 0 aliphatic heterocycles. The van der Waals surface area contributed by atoms with Crippen LogP contribution < -0.4 is 10.1 Å². The molecule has 0 spiro atoms. The van der Waals surface area contributed by atoms with Gasteiger partial charge in [0, 0.05) is 28.1 Å². The highest BCUT2D eigenvalue weighted by Gasteiger charge is 2.15. The Bertz CT molecular complexity index is 767. The van der Waals surface area contributed by atoms with Crippen LogP contribution in [0.3, 0.4) is 0 Å². The molecule has 0 aliphatic carbocycles. The first-order valence-electron chi connectivity index (χ1n) is 8.40. The fraction of sp³-hybridized carbons (Fsp3) is 0.350. The first kappa shape index (κ1) is 20.9. The van der Waals surface area contributed by atoms with Gasteiger partial charge in [0.05, 0.1) is 0 Å². The monoisotopic (exact) mass is 411 g/mol. The molecule has 0 aromatic heterocycles. The largest absolute Gasteiger partial charge is 0.481 e. The van der Waals surface area contributed by atoms with E-state index in [1.54, 1.807) is 24.8 Å². The van der Waals surface area contributed by atoms with Crippen molar-refractivity contribution in [3.05, 3.63) is 63.1 Å². The minimum Gasteiger partial charge on any atom is -0.481 e. The zero-order valence-corrected chi connectivity index (χ0v) is 17.5. The van der Waals surface area contributed by atoms with E-state index in [2.05, 4.69) is 5.32 Å². The zero-order valence-electron chi connectivity index (χ0n) is 15.1. The molecule has 2 rings (SSSR count). The molecule has 0 fully saturated rings. The van der Waals surface area contributed by atoms with E-state index in [1.807, 2.05) is 44.2 Å². The smallest absolute Gasteiger partial charge is 0.260 e. The Hall–Kier alpha value is -1.36. The number of carbonyl (C=O) groups is 1. The van der Waals surface area contributed by atoms with Crippen LogP contribution in [-0.2, 0) is 10.5 Å². The molecule has 2 aromatic carbocycles. The third kappa shape index (κ3) is 6.42. The maximum Gasteiger partial charge on any atom is 0.260 e. The molecule has 140 valence electrons. The molecular formula is C20H23Cl2NO2S. The second kappa shape index (κ2) is 10.1. The van der Waals surface area contributed by atoms with Crippen LogP contribution in [0, 0.1) is 13.8 Å². The van der Waals surface area contributed by atoms with E-state index < -0.39 is 6.10 Å². The summed E-state index contributed by atoms with van der Waals surface area (Å²) in [6, 6.07) is 11.5. The Morgan fingerprint density at radius 2 is 1.96 bits per heavy atom. The van der Waals surface area contributed by atoms with Gasteiger partial charge in [0.1, 0.15) is 5.75 Å². The SMILES string of the molecule is Cc1ccc(C)c(O[C@H](C)C(=O)NCCSCc2ccc(Cl)cc2Cl)c1. The number of halogens is 2. The second-order valence-electron chi connectivity index (χ2n) is 6.11. The molecular weight excluding hydrogens is 389 g/mol. The van der Waals surface area contributed by atoms with Gasteiger partial charge in [-0.2, -0.15) is 11.8 Å². The van der Waals surface area contributed by atoms with E-state index in [0.717, 1.165) is 33.9 Å². The highest BCUT2D eigenvalue weighted by molar-refractivity contribution is 7.98. The van der Waals surface area contributed by atoms with E-state index in [-0.39, 0.29) is 5.91 Å². The van der Waals surface area contributed by atoms with E-state index in [4.69, 9.17) is 27.9 Å². The van der Waals surface area contributed by atoms with Crippen molar-refractivity contribution >= 4 is 40.9 Å². The van der Waals surface area contributed by atoms with E-state index in [9.17, 15) is 4.79 Å². The summed E-state index contributed by atoms with van der Waals surface area (Å²) in [4.78, 5) is 12.2. The number of thioether (sulfide) groups is 1. The van der Waals surface area contributed by atoms with Gasteiger partial charge in [0.15, 0.2) is 6.10 Å². The van der Waals surface area contributed by atoms with Crippen LogP contribution in [0.2, 0.25) is 10.0 Å². The topological polar surface area (TPSA) is 38.3 Å². The molecule has 1 atom stereocenters. The minimum absolute atomic E-state index is 0.115. The van der Waals surface area contributed by atoms with Crippen LogP contribution >= 0.6 is 35.0 Å². The maximum atomic E-state index is 12.2. The van der Waals surface area contributed by atoms with Crippen molar-refractivity contribution in [2.24, 2.45) is 0 Å². The fourth-order valence-corrected chi connectivity index (χ4v) is 3.71. The van der Waals surface area contributed by atoms with Gasteiger partial charge in [-0.3, -0.25) is 4.79 Å². The van der Waals surface area contributed by atoms with Gasteiger partial charge in [0.25, 0.3) is 5.91 Å². The zero-order chi connectivity index (χ0) is 19.1. The quantitative estimate of drug-likeness (QED) is 0.588. The fourth-order valence-electron chi connectivity index (χ4n) is 2.29. The van der Waals surface area contributed by atoms with Gasteiger partial charge in [-0.05, 0) is 55.7 Å². The van der Waals surface area contributed by atoms with E-state index >= 15 is 0 Å². The number of aryl methyl sites for hydroxylation is 2. The van der Waals surface area contributed by atoms with Crippen LogP contribution in [-0.4, -0.2) is 24.3 Å². The Morgan fingerprint density at radius 3 is 2.69 bits per heavy atom. The number of ether oxygens (including phenoxy) is 1. The summed E-state index contributed by atoms with van der Waals surface area (Å²) in [6.45, 7) is 6.31. The molecule has 1 amide bonds. The van der Waals surface area contributed by atoms with Gasteiger partial charge >= 0.3 is 0 Å². The molecule has 0 saturated heterocycles. The third-order valence-corrected chi connectivity index (χ3v) is 5.43. The second-order valence-corrected chi connectivity index (χ2v) is 8.06. The lowest BCUT2D eigenvalue weighted by Gasteiger charge is -2.16. The Balaban J connectivity index is 1.71. The van der Waals surface area contributed by atoms with Crippen molar-refractivity contribution in [1.82, 2.24) is 5.32 Å². The maximum absolute atomic E-state index is 12.2. The highest BCUT2D eigenvalue weighted by atomic mass is 35.5.